The molecule has 3 aromatic carbocycles. The van der Waals surface area contributed by atoms with Gasteiger partial charge in [-0.2, -0.15) is 0 Å². The van der Waals surface area contributed by atoms with E-state index in [-0.39, 0.29) is 124 Å². The number of hydrogen-bond acceptors (Lipinski definition) is 6. The standard InChI is InChI=1S/C18H15O6PS2.2K.2H2O/c19-26(20,21)14-8-4-12(5-9-14)16-2-1-3-17(25)18(16)13-6-10-15(11-7-13)27(22,23)24;;;;/h1-11H,25H2,(H,19,20,21)(H,22,23,24);;;2*1H2/q;2*+1;;/p-2. The van der Waals surface area contributed by atoms with Crippen molar-refractivity contribution in [2.45, 2.75) is 9.79 Å². The van der Waals surface area contributed by atoms with Crippen LogP contribution in [0.25, 0.3) is 22.3 Å². The molecule has 0 aliphatic carbocycles. The summed E-state index contributed by atoms with van der Waals surface area (Å²) in [5.41, 5.74) is 2.90. The van der Waals surface area contributed by atoms with Crippen LogP contribution in [0.3, 0.4) is 0 Å². The largest absolute Gasteiger partial charge is 1.00 e. The molecule has 0 bridgehead atoms. The third-order valence-corrected chi connectivity index (χ3v) is 6.16. The van der Waals surface area contributed by atoms with Crippen molar-refractivity contribution in [3.63, 3.8) is 0 Å². The van der Waals surface area contributed by atoms with Gasteiger partial charge in [-0.3, -0.25) is 0 Å². The predicted octanol–water partition coefficient (Wildman–Crippen LogP) is -5.31. The van der Waals surface area contributed by atoms with E-state index in [9.17, 15) is 25.9 Å². The quantitative estimate of drug-likeness (QED) is 0.183. The molecule has 3 rings (SSSR count). The second kappa shape index (κ2) is 13.9. The van der Waals surface area contributed by atoms with Gasteiger partial charge in [0.25, 0.3) is 0 Å². The Hall–Kier alpha value is 1.10. The fraction of sp³-hybridized carbons (Fsp3) is 0. The second-order valence-electron chi connectivity index (χ2n) is 5.73. The zero-order valence-electron chi connectivity index (χ0n) is 16.7. The molecule has 0 aliphatic rings. The summed E-state index contributed by atoms with van der Waals surface area (Å²) in [6.07, 6.45) is 0. The van der Waals surface area contributed by atoms with E-state index in [0.29, 0.717) is 11.1 Å². The van der Waals surface area contributed by atoms with Crippen molar-refractivity contribution in [2.24, 2.45) is 0 Å². The van der Waals surface area contributed by atoms with Crippen molar-refractivity contribution < 1.29 is 140 Å². The van der Waals surface area contributed by atoms with E-state index in [4.69, 9.17) is 0 Å². The molecule has 0 amide bonds. The van der Waals surface area contributed by atoms with Crippen LogP contribution in [0, 0.1) is 0 Å². The van der Waals surface area contributed by atoms with Crippen LogP contribution in [0.1, 0.15) is 0 Å². The zero-order chi connectivity index (χ0) is 19.8. The first-order chi connectivity index (χ1) is 12.6. The SMILES string of the molecule is O.O.O=S(=O)([O-])c1ccc(-c2cccc(P)c2-c2ccc(S(=O)(=O)[O-])cc2)cc1.[K+].[K+]. The maximum absolute atomic E-state index is 11.1. The average Bonchev–Trinajstić information content (AvgIpc) is 2.60. The van der Waals surface area contributed by atoms with Gasteiger partial charge in [0.15, 0.2) is 0 Å². The van der Waals surface area contributed by atoms with Gasteiger partial charge in [-0.1, -0.05) is 42.5 Å². The van der Waals surface area contributed by atoms with Gasteiger partial charge in [0.1, 0.15) is 20.2 Å². The molecule has 1 unspecified atom stereocenters. The van der Waals surface area contributed by atoms with Crippen LogP contribution in [-0.2, 0) is 20.2 Å². The van der Waals surface area contributed by atoms with E-state index in [1.807, 2.05) is 18.2 Å². The van der Waals surface area contributed by atoms with Crippen molar-refractivity contribution in [3.05, 3.63) is 66.7 Å². The minimum Gasteiger partial charge on any atom is -0.744 e. The normalized spacial score (nSPS) is 10.5. The smallest absolute Gasteiger partial charge is 0.744 e. The summed E-state index contributed by atoms with van der Waals surface area (Å²) in [4.78, 5) is -0.640. The Balaban J connectivity index is 0. The minimum atomic E-state index is -4.53. The van der Waals surface area contributed by atoms with Crippen LogP contribution >= 0.6 is 9.24 Å². The fourth-order valence-electron chi connectivity index (χ4n) is 2.72. The Morgan fingerprint density at radius 1 is 0.613 bits per heavy atom. The molecule has 0 aliphatic heterocycles. The Bertz CT molecular complexity index is 1210. The summed E-state index contributed by atoms with van der Waals surface area (Å²) in [6, 6.07) is 16.6. The van der Waals surface area contributed by atoms with Gasteiger partial charge in [-0.25, -0.2) is 16.8 Å². The molecule has 156 valence electrons. The molecule has 0 fully saturated rings. The number of rotatable bonds is 4. The molecule has 0 saturated carbocycles. The first-order valence-corrected chi connectivity index (χ1v) is 11.0. The van der Waals surface area contributed by atoms with Crippen LogP contribution in [0.2, 0.25) is 0 Å². The molecule has 13 heteroatoms. The van der Waals surface area contributed by atoms with Crippen molar-refractivity contribution in [1.82, 2.24) is 0 Å². The van der Waals surface area contributed by atoms with Gasteiger partial charge in [-0.05, 0) is 51.8 Å². The monoisotopic (exact) mass is 534 g/mol. The number of hydrogen-bond donors (Lipinski definition) is 0. The first kappa shape index (κ1) is 34.3. The summed E-state index contributed by atoms with van der Waals surface area (Å²) in [5, 5.41) is 0.825. The summed E-state index contributed by atoms with van der Waals surface area (Å²) < 4.78 is 66.7. The third kappa shape index (κ3) is 8.68. The molecule has 3 aromatic rings. The van der Waals surface area contributed by atoms with E-state index >= 15 is 0 Å². The third-order valence-electron chi connectivity index (χ3n) is 3.98. The van der Waals surface area contributed by atoms with Gasteiger partial charge in [-0.15, -0.1) is 9.24 Å². The van der Waals surface area contributed by atoms with Gasteiger partial charge in [0.2, 0.25) is 0 Å². The zero-order valence-corrected chi connectivity index (χ0v) is 25.7. The molecule has 1 atom stereocenters. The van der Waals surface area contributed by atoms with Gasteiger partial charge < -0.3 is 20.1 Å². The summed E-state index contributed by atoms with van der Waals surface area (Å²) in [6.45, 7) is 0. The topological polar surface area (TPSA) is 177 Å². The fourth-order valence-corrected chi connectivity index (χ4v) is 4.09. The second-order valence-corrected chi connectivity index (χ2v) is 9.11. The van der Waals surface area contributed by atoms with Crippen LogP contribution in [0.4, 0.5) is 0 Å². The van der Waals surface area contributed by atoms with Gasteiger partial charge in [0, 0.05) is 0 Å². The molecule has 31 heavy (non-hydrogen) atoms. The van der Waals surface area contributed by atoms with E-state index < -0.39 is 20.2 Å². The molecule has 0 saturated heterocycles. The van der Waals surface area contributed by atoms with Crippen LogP contribution in [0.15, 0.2) is 76.5 Å². The molecule has 0 heterocycles. The van der Waals surface area contributed by atoms with Gasteiger partial charge >= 0.3 is 103 Å². The Labute approximate surface area is 268 Å². The average molecular weight is 535 g/mol. The maximum atomic E-state index is 11.1. The van der Waals surface area contributed by atoms with Crippen molar-refractivity contribution >= 4 is 34.8 Å². The number of benzene rings is 3. The molecule has 8 nitrogen and oxygen atoms in total. The maximum Gasteiger partial charge on any atom is 1.00 e. The predicted molar refractivity (Wildman–Crippen MR) is 110 cm³/mol. The van der Waals surface area contributed by atoms with Crippen LogP contribution in [0.5, 0.6) is 0 Å². The minimum absolute atomic E-state index is 0. The summed E-state index contributed by atoms with van der Waals surface area (Å²) in [7, 11) is -6.48. The van der Waals surface area contributed by atoms with E-state index in [1.54, 1.807) is 0 Å². The summed E-state index contributed by atoms with van der Waals surface area (Å²) >= 11 is 0. The van der Waals surface area contributed by atoms with Crippen LogP contribution < -0.4 is 108 Å². The molecular formula is C18H17K2O8PS2. The molecule has 4 N–H and O–H groups in total. The van der Waals surface area contributed by atoms with Crippen molar-refractivity contribution in [2.75, 3.05) is 0 Å². The Morgan fingerprint density at radius 3 is 1.39 bits per heavy atom. The molecular weight excluding hydrogens is 517 g/mol. The Kier molecular flexibility index (Phi) is 15.3. The van der Waals surface area contributed by atoms with Crippen molar-refractivity contribution in [1.29, 1.82) is 0 Å². The van der Waals surface area contributed by atoms with Crippen molar-refractivity contribution in [3.8, 4) is 22.3 Å². The molecule has 0 aromatic heterocycles. The van der Waals surface area contributed by atoms with E-state index in [2.05, 4.69) is 9.24 Å². The first-order valence-electron chi connectivity index (χ1n) is 7.58. The molecule has 0 spiro atoms. The van der Waals surface area contributed by atoms with Gasteiger partial charge in [0.05, 0.1) is 9.79 Å². The summed E-state index contributed by atoms with van der Waals surface area (Å²) in [5.74, 6) is 0. The van der Waals surface area contributed by atoms with E-state index in [1.165, 1.54) is 48.5 Å². The molecule has 0 radical (unpaired) electrons. The van der Waals surface area contributed by atoms with Crippen LogP contribution in [-0.4, -0.2) is 36.9 Å². The Morgan fingerprint density at radius 2 is 1.00 bits per heavy atom. The van der Waals surface area contributed by atoms with E-state index in [0.717, 1.165) is 16.4 Å².